The summed E-state index contributed by atoms with van der Waals surface area (Å²) < 4.78 is 0. The van der Waals surface area contributed by atoms with Crippen molar-refractivity contribution in [3.8, 4) is 0 Å². The first kappa shape index (κ1) is 18.5. The zero-order valence-electron chi connectivity index (χ0n) is 12.7. The summed E-state index contributed by atoms with van der Waals surface area (Å²) >= 11 is 0. The number of carbonyl (C=O) groups is 2. The lowest BCUT2D eigenvalue weighted by Gasteiger charge is -2.27. The Morgan fingerprint density at radius 2 is 1.91 bits per heavy atom. The smallest absolute Gasteiger partial charge is 0.250 e. The van der Waals surface area contributed by atoms with Gasteiger partial charge in [-0.25, -0.2) is 0 Å². The average Bonchev–Trinajstić information content (AvgIpc) is 2.48. The number of piperidine rings is 1. The fourth-order valence-electron chi connectivity index (χ4n) is 2.91. The topological polar surface area (TPSA) is 101 Å². The maximum absolute atomic E-state index is 11.3. The molecular weight excluding hydrogens is 304 g/mol. The van der Waals surface area contributed by atoms with Crippen LogP contribution in [0.4, 0.5) is 0 Å². The summed E-state index contributed by atoms with van der Waals surface area (Å²) in [5.74, 6) is -0.246. The van der Waals surface area contributed by atoms with Gasteiger partial charge in [0.05, 0.1) is 5.57 Å². The van der Waals surface area contributed by atoms with E-state index in [-0.39, 0.29) is 12.4 Å². The Balaban J connectivity index is 0.00000242. The van der Waals surface area contributed by atoms with E-state index in [4.69, 9.17) is 11.5 Å². The minimum absolute atomic E-state index is 0. The molecule has 6 nitrogen and oxygen atoms in total. The highest BCUT2D eigenvalue weighted by molar-refractivity contribution is 6.00. The van der Waals surface area contributed by atoms with Crippen LogP contribution in [0.25, 0.3) is 0 Å². The molecule has 5 N–H and O–H groups in total. The molecule has 0 aromatic heterocycles. The van der Waals surface area contributed by atoms with E-state index in [1.54, 1.807) is 6.20 Å². The molecule has 1 saturated heterocycles. The molecule has 2 aliphatic heterocycles. The molecule has 0 radical (unpaired) electrons. The Bertz CT molecular complexity index is 470. The Morgan fingerprint density at radius 3 is 2.50 bits per heavy atom. The van der Waals surface area contributed by atoms with E-state index in [0.29, 0.717) is 17.7 Å². The van der Waals surface area contributed by atoms with Crippen molar-refractivity contribution in [2.24, 2.45) is 17.4 Å². The lowest BCUT2D eigenvalue weighted by Crippen LogP contribution is -2.33. The van der Waals surface area contributed by atoms with Gasteiger partial charge in [-0.1, -0.05) is 0 Å². The molecule has 0 atom stereocenters. The number of hydrogen-bond acceptors (Lipinski definition) is 4. The van der Waals surface area contributed by atoms with Crippen LogP contribution in [-0.4, -0.2) is 42.9 Å². The molecule has 1 fully saturated rings. The molecule has 0 bridgehead atoms. The van der Waals surface area contributed by atoms with Gasteiger partial charge < -0.3 is 21.7 Å². The fourth-order valence-corrected chi connectivity index (χ4v) is 2.91. The Kier molecular flexibility index (Phi) is 7.41. The second-order valence-corrected chi connectivity index (χ2v) is 5.79. The van der Waals surface area contributed by atoms with Gasteiger partial charge in [-0.3, -0.25) is 9.59 Å². The molecule has 0 saturated carbocycles. The summed E-state index contributed by atoms with van der Waals surface area (Å²) in [5.41, 5.74) is 11.4. The SMILES string of the molecule is Cl.NC(=O)C1=CN(CCCC2CCNCC2)CC(C(N)=O)=C1. The molecule has 2 rings (SSSR count). The predicted octanol–water partition coefficient (Wildman–Crippen LogP) is 0.285. The zero-order chi connectivity index (χ0) is 15.2. The third kappa shape index (κ3) is 5.35. The molecule has 2 amide bonds. The van der Waals surface area contributed by atoms with Crippen LogP contribution in [0.5, 0.6) is 0 Å². The Labute approximate surface area is 137 Å². The van der Waals surface area contributed by atoms with Gasteiger partial charge in [-0.05, 0) is 50.8 Å². The molecule has 2 heterocycles. The molecule has 0 aromatic rings. The minimum Gasteiger partial charge on any atom is -0.372 e. The normalized spacial score (nSPS) is 19.0. The molecule has 2 aliphatic rings. The lowest BCUT2D eigenvalue weighted by molar-refractivity contribution is -0.114. The van der Waals surface area contributed by atoms with E-state index < -0.39 is 11.8 Å². The van der Waals surface area contributed by atoms with Gasteiger partial charge in [0.25, 0.3) is 0 Å². The summed E-state index contributed by atoms with van der Waals surface area (Å²) in [7, 11) is 0. The molecule has 0 spiro atoms. The van der Waals surface area contributed by atoms with Gasteiger partial charge in [0.2, 0.25) is 11.8 Å². The first-order valence-corrected chi connectivity index (χ1v) is 7.53. The maximum Gasteiger partial charge on any atom is 0.250 e. The summed E-state index contributed by atoms with van der Waals surface area (Å²) in [6.45, 7) is 3.48. The van der Waals surface area contributed by atoms with E-state index in [1.165, 1.54) is 25.3 Å². The third-order valence-corrected chi connectivity index (χ3v) is 4.14. The van der Waals surface area contributed by atoms with Crippen molar-refractivity contribution >= 4 is 24.2 Å². The van der Waals surface area contributed by atoms with Gasteiger partial charge >= 0.3 is 0 Å². The largest absolute Gasteiger partial charge is 0.372 e. The van der Waals surface area contributed by atoms with E-state index in [2.05, 4.69) is 5.32 Å². The van der Waals surface area contributed by atoms with Gasteiger partial charge in [-0.2, -0.15) is 0 Å². The van der Waals surface area contributed by atoms with E-state index >= 15 is 0 Å². The molecule has 0 aliphatic carbocycles. The van der Waals surface area contributed by atoms with Crippen LogP contribution in [-0.2, 0) is 9.59 Å². The molecule has 22 heavy (non-hydrogen) atoms. The monoisotopic (exact) mass is 328 g/mol. The number of halogens is 1. The molecule has 0 unspecified atom stereocenters. The standard InChI is InChI=1S/C15H24N4O2.ClH/c16-14(20)12-8-13(15(17)21)10-19(9-12)7-1-2-11-3-5-18-6-4-11;/h8-9,11,18H,1-7,10H2,(H2,16,20)(H2,17,21);1H. The van der Waals surface area contributed by atoms with Crippen molar-refractivity contribution in [3.05, 3.63) is 23.4 Å². The Hall–Kier alpha value is -1.53. The second-order valence-electron chi connectivity index (χ2n) is 5.79. The van der Waals surface area contributed by atoms with Crippen LogP contribution in [0.2, 0.25) is 0 Å². The number of hydrogen-bond donors (Lipinski definition) is 3. The van der Waals surface area contributed by atoms with Gasteiger partial charge in [0, 0.05) is 24.9 Å². The predicted molar refractivity (Wildman–Crippen MR) is 88.2 cm³/mol. The van der Waals surface area contributed by atoms with Crippen molar-refractivity contribution in [1.82, 2.24) is 10.2 Å². The van der Waals surface area contributed by atoms with Crippen LogP contribution in [0, 0.1) is 5.92 Å². The number of nitrogens with two attached hydrogens (primary N) is 2. The number of amides is 2. The highest BCUT2D eigenvalue weighted by Crippen LogP contribution is 2.19. The summed E-state index contributed by atoms with van der Waals surface area (Å²) in [4.78, 5) is 24.6. The van der Waals surface area contributed by atoms with Crippen molar-refractivity contribution < 1.29 is 9.59 Å². The van der Waals surface area contributed by atoms with Crippen LogP contribution in [0.15, 0.2) is 23.4 Å². The quantitative estimate of drug-likeness (QED) is 0.652. The van der Waals surface area contributed by atoms with Gasteiger partial charge in [-0.15, -0.1) is 12.4 Å². The number of carbonyl (C=O) groups excluding carboxylic acids is 2. The van der Waals surface area contributed by atoms with Gasteiger partial charge in [0.1, 0.15) is 0 Å². The zero-order valence-corrected chi connectivity index (χ0v) is 13.5. The van der Waals surface area contributed by atoms with Crippen LogP contribution >= 0.6 is 12.4 Å². The molecular formula is C15H25ClN4O2. The second kappa shape index (κ2) is 8.80. The number of rotatable bonds is 6. The fraction of sp³-hybridized carbons (Fsp3) is 0.600. The third-order valence-electron chi connectivity index (χ3n) is 4.14. The van der Waals surface area contributed by atoms with Crippen LogP contribution < -0.4 is 16.8 Å². The first-order chi connectivity index (χ1) is 10.1. The Morgan fingerprint density at radius 1 is 1.23 bits per heavy atom. The number of primary amides is 2. The lowest BCUT2D eigenvalue weighted by atomic mass is 9.93. The molecule has 124 valence electrons. The van der Waals surface area contributed by atoms with Crippen molar-refractivity contribution in [2.75, 3.05) is 26.2 Å². The van der Waals surface area contributed by atoms with E-state index in [1.807, 2.05) is 4.90 Å². The average molecular weight is 329 g/mol. The highest BCUT2D eigenvalue weighted by Gasteiger charge is 2.19. The highest BCUT2D eigenvalue weighted by atomic mass is 35.5. The number of nitrogens with one attached hydrogen (secondary N) is 1. The molecule has 7 heteroatoms. The summed E-state index contributed by atoms with van der Waals surface area (Å²) in [5, 5.41) is 3.36. The van der Waals surface area contributed by atoms with Crippen molar-refractivity contribution in [1.29, 1.82) is 0 Å². The van der Waals surface area contributed by atoms with E-state index in [0.717, 1.165) is 32.0 Å². The maximum atomic E-state index is 11.3. The summed E-state index contributed by atoms with van der Waals surface area (Å²) in [6, 6.07) is 0. The summed E-state index contributed by atoms with van der Waals surface area (Å²) in [6.07, 6.45) is 7.90. The van der Waals surface area contributed by atoms with Crippen LogP contribution in [0.3, 0.4) is 0 Å². The number of nitrogens with zero attached hydrogens (tertiary/aromatic N) is 1. The molecule has 0 aromatic carbocycles. The van der Waals surface area contributed by atoms with Crippen molar-refractivity contribution in [2.45, 2.75) is 25.7 Å². The first-order valence-electron chi connectivity index (χ1n) is 7.53. The minimum atomic E-state index is -0.531. The van der Waals surface area contributed by atoms with Crippen molar-refractivity contribution in [3.63, 3.8) is 0 Å². The van der Waals surface area contributed by atoms with Crippen LogP contribution in [0.1, 0.15) is 25.7 Å². The van der Waals surface area contributed by atoms with E-state index in [9.17, 15) is 9.59 Å². The van der Waals surface area contributed by atoms with Gasteiger partial charge in [0.15, 0.2) is 0 Å².